The van der Waals surface area contributed by atoms with Gasteiger partial charge >= 0.3 is 0 Å². The molecule has 4 aromatic carbocycles. The highest BCUT2D eigenvalue weighted by atomic mass is 16.5. The van der Waals surface area contributed by atoms with Crippen LogP contribution in [0.5, 0.6) is 11.5 Å². The molecule has 3 nitrogen and oxygen atoms in total. The fraction of sp³-hybridized carbons (Fsp3) is 0.200. The summed E-state index contributed by atoms with van der Waals surface area (Å²) in [6.07, 6.45) is 0. The number of anilines is 3. The Labute approximate surface area is 196 Å². The summed E-state index contributed by atoms with van der Waals surface area (Å²) in [5, 5.41) is 0. The van der Waals surface area contributed by atoms with Crippen LogP contribution in [0.2, 0.25) is 0 Å². The van der Waals surface area contributed by atoms with Crippen molar-refractivity contribution >= 4 is 17.1 Å². The summed E-state index contributed by atoms with van der Waals surface area (Å²) < 4.78 is 11.3. The molecule has 3 heteroatoms. The molecule has 1 aliphatic rings. The second-order valence-corrected chi connectivity index (χ2v) is 8.77. The number of fused-ring (bicyclic) bond motifs is 2. The molecule has 0 unspecified atom stereocenters. The van der Waals surface area contributed by atoms with Gasteiger partial charge in [0.1, 0.15) is 11.5 Å². The van der Waals surface area contributed by atoms with Gasteiger partial charge in [-0.05, 0) is 72.9 Å². The minimum absolute atomic E-state index is 0.118. The number of nitrogens with zero attached hydrogens (tertiary/aromatic N) is 1. The molecule has 0 radical (unpaired) electrons. The van der Waals surface area contributed by atoms with E-state index in [0.29, 0.717) is 0 Å². The van der Waals surface area contributed by atoms with E-state index in [4.69, 9.17) is 9.47 Å². The van der Waals surface area contributed by atoms with Crippen LogP contribution in [0.3, 0.4) is 0 Å². The summed E-state index contributed by atoms with van der Waals surface area (Å²) in [7, 11) is 3.44. The highest BCUT2D eigenvalue weighted by Crippen LogP contribution is 2.53. The van der Waals surface area contributed by atoms with Gasteiger partial charge in [0.25, 0.3) is 0 Å². The number of methoxy groups -OCH3 is 2. The molecule has 0 atom stereocenters. The van der Waals surface area contributed by atoms with Gasteiger partial charge in [-0.1, -0.05) is 48.0 Å². The third-order valence-electron chi connectivity index (χ3n) is 6.62. The fourth-order valence-electron chi connectivity index (χ4n) is 5.29. The number of aryl methyl sites for hydroxylation is 3. The lowest BCUT2D eigenvalue weighted by Crippen LogP contribution is -2.23. The van der Waals surface area contributed by atoms with E-state index in [9.17, 15) is 0 Å². The van der Waals surface area contributed by atoms with Crippen molar-refractivity contribution in [3.63, 3.8) is 0 Å². The van der Waals surface area contributed by atoms with E-state index in [2.05, 4.69) is 98.5 Å². The monoisotopic (exact) mass is 435 g/mol. The van der Waals surface area contributed by atoms with E-state index >= 15 is 0 Å². The predicted octanol–water partition coefficient (Wildman–Crippen LogP) is 7.59. The molecule has 0 aliphatic carbocycles. The van der Waals surface area contributed by atoms with Crippen molar-refractivity contribution in [3.05, 3.63) is 112 Å². The largest absolute Gasteiger partial charge is 0.497 e. The van der Waals surface area contributed by atoms with Gasteiger partial charge in [0.2, 0.25) is 0 Å². The van der Waals surface area contributed by atoms with Gasteiger partial charge in [0, 0.05) is 23.7 Å². The molecule has 1 aliphatic heterocycles. The third-order valence-corrected chi connectivity index (χ3v) is 6.62. The van der Waals surface area contributed by atoms with E-state index in [1.807, 2.05) is 6.07 Å². The van der Waals surface area contributed by atoms with Gasteiger partial charge in [-0.2, -0.15) is 0 Å². The lowest BCUT2D eigenvalue weighted by Gasteiger charge is -2.39. The molecule has 0 spiro atoms. The average Bonchev–Trinajstić information content (AvgIpc) is 2.82. The Bertz CT molecular complexity index is 1250. The van der Waals surface area contributed by atoms with Crippen LogP contribution >= 0.6 is 0 Å². The summed E-state index contributed by atoms with van der Waals surface area (Å²) in [6.45, 7) is 6.62. The van der Waals surface area contributed by atoms with Crippen LogP contribution in [0, 0.1) is 20.8 Å². The molecule has 0 N–H and O–H groups in total. The Balaban J connectivity index is 1.86. The molecule has 166 valence electrons. The SMILES string of the molecule is COc1ccc2c(c1)N(c1ccccc1)c1cc(OC)ccc1C2c1c(C)cc(C)cc1C. The van der Waals surface area contributed by atoms with Crippen molar-refractivity contribution in [2.75, 3.05) is 19.1 Å². The standard InChI is InChI=1S/C30H29NO2/c1-19-15-20(2)29(21(3)16-19)30-25-13-11-23(32-4)17-27(25)31(22-9-7-6-8-10-22)28-18-24(33-5)12-14-26(28)30/h6-18,30H,1-5H3. The van der Waals surface area contributed by atoms with Crippen LogP contribution < -0.4 is 14.4 Å². The van der Waals surface area contributed by atoms with Crippen LogP contribution in [-0.2, 0) is 0 Å². The van der Waals surface area contributed by atoms with Crippen molar-refractivity contribution in [2.45, 2.75) is 26.7 Å². The van der Waals surface area contributed by atoms with Crippen LogP contribution in [-0.4, -0.2) is 14.2 Å². The molecule has 1 heterocycles. The Kier molecular flexibility index (Phi) is 5.33. The molecule has 0 aromatic heterocycles. The minimum Gasteiger partial charge on any atom is -0.497 e. The first-order valence-corrected chi connectivity index (χ1v) is 11.3. The Morgan fingerprint density at radius 1 is 0.636 bits per heavy atom. The zero-order valence-corrected chi connectivity index (χ0v) is 19.8. The zero-order chi connectivity index (χ0) is 23.1. The molecule has 0 saturated carbocycles. The number of rotatable bonds is 4. The molecule has 5 rings (SSSR count). The van der Waals surface area contributed by atoms with Crippen LogP contribution in [0.4, 0.5) is 17.1 Å². The van der Waals surface area contributed by atoms with Crippen molar-refractivity contribution in [3.8, 4) is 11.5 Å². The third kappa shape index (κ3) is 3.54. The molecule has 0 amide bonds. The highest BCUT2D eigenvalue weighted by Gasteiger charge is 2.34. The number of hydrogen-bond acceptors (Lipinski definition) is 3. The molecule has 0 saturated heterocycles. The first-order chi connectivity index (χ1) is 16.0. The fourth-order valence-corrected chi connectivity index (χ4v) is 5.29. The Hall–Kier alpha value is -3.72. The van der Waals surface area contributed by atoms with Gasteiger partial charge in [0.05, 0.1) is 25.6 Å². The average molecular weight is 436 g/mol. The first-order valence-electron chi connectivity index (χ1n) is 11.3. The van der Waals surface area contributed by atoms with Crippen molar-refractivity contribution in [1.82, 2.24) is 0 Å². The van der Waals surface area contributed by atoms with Crippen molar-refractivity contribution in [2.24, 2.45) is 0 Å². The maximum absolute atomic E-state index is 5.65. The van der Waals surface area contributed by atoms with E-state index < -0.39 is 0 Å². The summed E-state index contributed by atoms with van der Waals surface area (Å²) in [4.78, 5) is 2.32. The second-order valence-electron chi connectivity index (χ2n) is 8.77. The summed E-state index contributed by atoms with van der Waals surface area (Å²) in [5.41, 5.74) is 11.2. The number of ether oxygens (including phenoxy) is 2. The maximum atomic E-state index is 5.65. The molecule has 33 heavy (non-hydrogen) atoms. The van der Waals surface area contributed by atoms with Crippen molar-refractivity contribution in [1.29, 1.82) is 0 Å². The van der Waals surface area contributed by atoms with Gasteiger partial charge in [-0.3, -0.25) is 0 Å². The lowest BCUT2D eigenvalue weighted by atomic mass is 9.76. The predicted molar refractivity (Wildman–Crippen MR) is 136 cm³/mol. The maximum Gasteiger partial charge on any atom is 0.120 e. The van der Waals surface area contributed by atoms with Crippen molar-refractivity contribution < 1.29 is 9.47 Å². The van der Waals surface area contributed by atoms with Crippen LogP contribution in [0.15, 0.2) is 78.9 Å². The first kappa shape index (κ1) is 21.1. The van der Waals surface area contributed by atoms with Crippen LogP contribution in [0.25, 0.3) is 0 Å². The smallest absolute Gasteiger partial charge is 0.120 e. The summed E-state index contributed by atoms with van der Waals surface area (Å²) >= 11 is 0. The minimum atomic E-state index is 0.118. The molecular weight excluding hydrogens is 406 g/mol. The molecular formula is C30H29NO2. The zero-order valence-electron chi connectivity index (χ0n) is 19.8. The Morgan fingerprint density at radius 2 is 1.15 bits per heavy atom. The van der Waals surface area contributed by atoms with E-state index in [1.165, 1.54) is 33.4 Å². The van der Waals surface area contributed by atoms with E-state index in [0.717, 1.165) is 28.6 Å². The normalized spacial score (nSPS) is 12.8. The van der Waals surface area contributed by atoms with Gasteiger partial charge < -0.3 is 14.4 Å². The Morgan fingerprint density at radius 3 is 1.64 bits per heavy atom. The second kappa shape index (κ2) is 8.32. The molecule has 4 aromatic rings. The summed E-state index contributed by atoms with van der Waals surface area (Å²) in [6, 6.07) is 28.0. The quantitative estimate of drug-likeness (QED) is 0.290. The number of hydrogen-bond donors (Lipinski definition) is 0. The van der Waals surface area contributed by atoms with Crippen LogP contribution in [0.1, 0.15) is 39.3 Å². The molecule has 0 bridgehead atoms. The topological polar surface area (TPSA) is 21.7 Å². The highest BCUT2D eigenvalue weighted by molar-refractivity contribution is 5.87. The van der Waals surface area contributed by atoms with E-state index in [-0.39, 0.29) is 5.92 Å². The summed E-state index contributed by atoms with van der Waals surface area (Å²) in [5.74, 6) is 1.81. The van der Waals surface area contributed by atoms with Gasteiger partial charge in [-0.25, -0.2) is 0 Å². The van der Waals surface area contributed by atoms with E-state index in [1.54, 1.807) is 14.2 Å². The number of benzene rings is 4. The molecule has 0 fully saturated rings. The van der Waals surface area contributed by atoms with Gasteiger partial charge in [0.15, 0.2) is 0 Å². The number of para-hydroxylation sites is 1. The lowest BCUT2D eigenvalue weighted by molar-refractivity contribution is 0.414. The van der Waals surface area contributed by atoms with Gasteiger partial charge in [-0.15, -0.1) is 0 Å².